The molecule has 1 N–H and O–H groups in total. The Labute approximate surface area is 117 Å². The van der Waals surface area contributed by atoms with E-state index in [-0.39, 0.29) is 18.0 Å². The van der Waals surface area contributed by atoms with E-state index in [0.29, 0.717) is 18.6 Å². The number of carbonyl (C=O) groups is 1. The van der Waals surface area contributed by atoms with Crippen LogP contribution in [0.3, 0.4) is 0 Å². The van der Waals surface area contributed by atoms with E-state index >= 15 is 0 Å². The molecule has 6 nitrogen and oxygen atoms in total. The maximum Gasteiger partial charge on any atom is 0.324 e. The molecule has 1 atom stereocenters. The van der Waals surface area contributed by atoms with Crippen LogP contribution in [0.2, 0.25) is 0 Å². The Morgan fingerprint density at radius 1 is 1.40 bits per heavy atom. The van der Waals surface area contributed by atoms with Crippen LogP contribution in [0.25, 0.3) is 0 Å². The number of hydrogen-bond donors (Lipinski definition) is 1. The van der Waals surface area contributed by atoms with Gasteiger partial charge in [-0.2, -0.15) is 4.31 Å². The quantitative estimate of drug-likeness (QED) is 0.898. The van der Waals surface area contributed by atoms with Gasteiger partial charge in [0, 0.05) is 12.1 Å². The lowest BCUT2D eigenvalue weighted by atomic mass is 9.90. The number of fused-ring (bicyclic) bond motifs is 1. The van der Waals surface area contributed by atoms with Crippen molar-refractivity contribution in [1.82, 2.24) is 4.31 Å². The maximum absolute atomic E-state index is 12.7. The van der Waals surface area contributed by atoms with Crippen LogP contribution in [0, 0.1) is 0 Å². The van der Waals surface area contributed by atoms with Gasteiger partial charge in [-0.05, 0) is 25.0 Å². The van der Waals surface area contributed by atoms with E-state index in [1.807, 2.05) is 6.07 Å². The normalized spacial score (nSPS) is 26.1. The Balaban J connectivity index is 2.06. The molecular weight excluding hydrogens is 282 g/mol. The molecule has 0 amide bonds. The highest BCUT2D eigenvalue weighted by Crippen LogP contribution is 2.38. The van der Waals surface area contributed by atoms with Gasteiger partial charge >= 0.3 is 5.97 Å². The van der Waals surface area contributed by atoms with E-state index in [9.17, 15) is 18.3 Å². The smallest absolute Gasteiger partial charge is 0.324 e. The summed E-state index contributed by atoms with van der Waals surface area (Å²) in [5, 5.41) is 9.24. The summed E-state index contributed by atoms with van der Waals surface area (Å²) in [5.41, 5.74) is 0.150. The van der Waals surface area contributed by atoms with Crippen molar-refractivity contribution < 1.29 is 23.1 Å². The molecule has 3 rings (SSSR count). The number of sulfonamides is 1. The number of aliphatic carboxylic acids is 1. The van der Waals surface area contributed by atoms with Gasteiger partial charge in [-0.15, -0.1) is 0 Å². The molecule has 1 unspecified atom stereocenters. The van der Waals surface area contributed by atoms with E-state index in [2.05, 4.69) is 0 Å². The van der Waals surface area contributed by atoms with Crippen LogP contribution in [-0.4, -0.2) is 35.9 Å². The number of carboxylic acid groups (broad SMARTS) is 1. The van der Waals surface area contributed by atoms with E-state index in [1.165, 1.54) is 13.0 Å². The van der Waals surface area contributed by atoms with Gasteiger partial charge in [-0.1, -0.05) is 12.1 Å². The molecule has 1 aromatic carbocycles. The van der Waals surface area contributed by atoms with Crippen molar-refractivity contribution in [2.75, 3.05) is 6.54 Å². The summed E-state index contributed by atoms with van der Waals surface area (Å²) in [7, 11) is -3.81. The molecule has 1 aromatic rings. The first-order valence-electron chi connectivity index (χ1n) is 6.32. The molecule has 2 aliphatic heterocycles. The standard InChI is InChI=1S/C13H15NO5S/c1-13(12(15)16)5-6-14(13)20(17,18)11-4-2-3-9-7-19-8-10(9)11/h2-4H,5-8H2,1H3,(H,15,16). The molecule has 0 spiro atoms. The largest absolute Gasteiger partial charge is 0.480 e. The third-order valence-electron chi connectivity index (χ3n) is 4.11. The van der Waals surface area contributed by atoms with Gasteiger partial charge in [0.05, 0.1) is 18.1 Å². The first-order chi connectivity index (χ1) is 9.37. The van der Waals surface area contributed by atoms with Crippen LogP contribution >= 0.6 is 0 Å². The summed E-state index contributed by atoms with van der Waals surface area (Å²) in [5.74, 6) is -1.11. The Kier molecular flexibility index (Phi) is 2.89. The summed E-state index contributed by atoms with van der Waals surface area (Å²) < 4.78 is 31.8. The Morgan fingerprint density at radius 2 is 2.15 bits per heavy atom. The summed E-state index contributed by atoms with van der Waals surface area (Å²) >= 11 is 0. The molecule has 2 aliphatic rings. The number of rotatable bonds is 3. The van der Waals surface area contributed by atoms with E-state index in [1.54, 1.807) is 6.07 Å². The lowest BCUT2D eigenvalue weighted by molar-refractivity contribution is -0.153. The molecule has 1 fully saturated rings. The SMILES string of the molecule is CC1(C(=O)O)CCN1S(=O)(=O)c1cccc2c1COC2. The monoisotopic (exact) mass is 297 g/mol. The molecule has 0 saturated carbocycles. The number of carboxylic acids is 1. The third-order valence-corrected chi connectivity index (χ3v) is 6.22. The van der Waals surface area contributed by atoms with Crippen molar-refractivity contribution in [2.24, 2.45) is 0 Å². The minimum atomic E-state index is -3.81. The minimum Gasteiger partial charge on any atom is -0.480 e. The molecule has 0 bridgehead atoms. The van der Waals surface area contributed by atoms with E-state index in [4.69, 9.17) is 4.74 Å². The summed E-state index contributed by atoms with van der Waals surface area (Å²) in [6, 6.07) is 5.01. The average Bonchev–Trinajstić information content (AvgIpc) is 2.83. The number of benzene rings is 1. The van der Waals surface area contributed by atoms with Crippen molar-refractivity contribution in [3.8, 4) is 0 Å². The molecule has 0 aromatic heterocycles. The zero-order chi connectivity index (χ0) is 14.5. The fraction of sp³-hybridized carbons (Fsp3) is 0.462. The molecule has 1 saturated heterocycles. The predicted octanol–water partition coefficient (Wildman–Crippen LogP) is 0.954. The molecule has 108 valence electrons. The Hall–Kier alpha value is -1.44. The molecule has 2 heterocycles. The Morgan fingerprint density at radius 3 is 2.75 bits per heavy atom. The second kappa shape index (κ2) is 4.28. The number of nitrogens with zero attached hydrogens (tertiary/aromatic N) is 1. The summed E-state index contributed by atoms with van der Waals surface area (Å²) in [6.45, 7) is 2.32. The minimum absolute atomic E-state index is 0.166. The summed E-state index contributed by atoms with van der Waals surface area (Å²) in [4.78, 5) is 11.5. The molecular formula is C13H15NO5S. The Bertz CT molecular complexity index is 684. The van der Waals surface area contributed by atoms with Crippen LogP contribution in [0.1, 0.15) is 24.5 Å². The van der Waals surface area contributed by atoms with Crippen molar-refractivity contribution in [3.05, 3.63) is 29.3 Å². The van der Waals surface area contributed by atoms with Gasteiger partial charge in [-0.25, -0.2) is 8.42 Å². The number of ether oxygens (including phenoxy) is 1. The van der Waals surface area contributed by atoms with Gasteiger partial charge in [0.25, 0.3) is 0 Å². The zero-order valence-electron chi connectivity index (χ0n) is 11.0. The van der Waals surface area contributed by atoms with Crippen LogP contribution in [0.15, 0.2) is 23.1 Å². The van der Waals surface area contributed by atoms with Crippen LogP contribution < -0.4 is 0 Å². The highest BCUT2D eigenvalue weighted by Gasteiger charge is 2.54. The topological polar surface area (TPSA) is 83.9 Å². The lowest BCUT2D eigenvalue weighted by Crippen LogP contribution is -2.64. The average molecular weight is 297 g/mol. The predicted molar refractivity (Wildman–Crippen MR) is 69.5 cm³/mol. The third kappa shape index (κ3) is 1.70. The first-order valence-corrected chi connectivity index (χ1v) is 7.76. The van der Waals surface area contributed by atoms with Crippen LogP contribution in [0.5, 0.6) is 0 Å². The van der Waals surface area contributed by atoms with Gasteiger partial charge < -0.3 is 9.84 Å². The van der Waals surface area contributed by atoms with Crippen molar-refractivity contribution >= 4 is 16.0 Å². The second-order valence-corrected chi connectivity index (χ2v) is 7.12. The molecule has 7 heteroatoms. The first kappa shape index (κ1) is 13.5. The molecule has 0 aliphatic carbocycles. The van der Waals surface area contributed by atoms with Crippen molar-refractivity contribution in [3.63, 3.8) is 0 Å². The van der Waals surface area contributed by atoms with Gasteiger partial charge in [0.1, 0.15) is 5.54 Å². The molecule has 0 radical (unpaired) electrons. The van der Waals surface area contributed by atoms with E-state index < -0.39 is 21.5 Å². The fourth-order valence-electron chi connectivity index (χ4n) is 2.67. The van der Waals surface area contributed by atoms with Gasteiger partial charge in [0.2, 0.25) is 10.0 Å². The van der Waals surface area contributed by atoms with Crippen molar-refractivity contribution in [2.45, 2.75) is 37.0 Å². The lowest BCUT2D eigenvalue weighted by Gasteiger charge is -2.45. The summed E-state index contributed by atoms with van der Waals surface area (Å²) in [6.07, 6.45) is 0.326. The molecule has 20 heavy (non-hydrogen) atoms. The maximum atomic E-state index is 12.7. The van der Waals surface area contributed by atoms with Gasteiger partial charge in [0.15, 0.2) is 0 Å². The van der Waals surface area contributed by atoms with Gasteiger partial charge in [-0.3, -0.25) is 4.79 Å². The van der Waals surface area contributed by atoms with Crippen LogP contribution in [-0.2, 0) is 32.8 Å². The highest BCUT2D eigenvalue weighted by molar-refractivity contribution is 7.89. The van der Waals surface area contributed by atoms with E-state index in [0.717, 1.165) is 9.87 Å². The highest BCUT2D eigenvalue weighted by atomic mass is 32.2. The zero-order valence-corrected chi connectivity index (χ0v) is 11.8. The second-order valence-electron chi connectivity index (χ2n) is 5.29. The fourth-order valence-corrected chi connectivity index (χ4v) is 4.69. The van der Waals surface area contributed by atoms with Crippen LogP contribution in [0.4, 0.5) is 0 Å². The van der Waals surface area contributed by atoms with Crippen molar-refractivity contribution in [1.29, 1.82) is 0 Å². The number of hydrogen-bond acceptors (Lipinski definition) is 4.